The zero-order chi connectivity index (χ0) is 15.8. The third-order valence-electron chi connectivity index (χ3n) is 3.52. The Bertz CT molecular complexity index is 308. The molecule has 1 aliphatic rings. The van der Waals surface area contributed by atoms with Crippen LogP contribution in [0.5, 0.6) is 0 Å². The van der Waals surface area contributed by atoms with Gasteiger partial charge in [-0.25, -0.2) is 0 Å². The molecule has 1 saturated heterocycles. The van der Waals surface area contributed by atoms with E-state index in [4.69, 9.17) is 19.7 Å². The van der Waals surface area contributed by atoms with Gasteiger partial charge in [-0.05, 0) is 26.2 Å². The lowest BCUT2D eigenvalue weighted by Crippen LogP contribution is -2.59. The molecule has 124 valence electrons. The first-order chi connectivity index (χ1) is 10.0. The van der Waals surface area contributed by atoms with Crippen molar-refractivity contribution >= 4 is 0 Å². The molecule has 21 heavy (non-hydrogen) atoms. The molecule has 0 amide bonds. The van der Waals surface area contributed by atoms with E-state index in [0.29, 0.717) is 12.8 Å². The summed E-state index contributed by atoms with van der Waals surface area (Å²) in [5.74, 6) is 0. The van der Waals surface area contributed by atoms with Gasteiger partial charge in [-0.2, -0.15) is 0 Å². The molecule has 5 N–H and O–H groups in total. The van der Waals surface area contributed by atoms with Gasteiger partial charge in [-0.1, -0.05) is 12.2 Å². The van der Waals surface area contributed by atoms with Crippen LogP contribution in [0, 0.1) is 0 Å². The Kier molecular flexibility index (Phi) is 8.35. The van der Waals surface area contributed by atoms with E-state index in [0.717, 1.165) is 6.42 Å². The minimum absolute atomic E-state index is 0.0715. The first-order valence-electron chi connectivity index (χ1n) is 7.23. The maximum atomic E-state index is 9.89. The molecule has 0 aliphatic carbocycles. The van der Waals surface area contributed by atoms with Gasteiger partial charge in [0.25, 0.3) is 0 Å². The van der Waals surface area contributed by atoms with Gasteiger partial charge in [-0.3, -0.25) is 0 Å². The van der Waals surface area contributed by atoms with Gasteiger partial charge >= 0.3 is 0 Å². The Morgan fingerprint density at radius 3 is 2.38 bits per heavy atom. The largest absolute Gasteiger partial charge is 0.396 e. The molecular weight excluding hydrogens is 280 g/mol. The molecule has 6 unspecified atom stereocenters. The summed E-state index contributed by atoms with van der Waals surface area (Å²) in [4.78, 5) is 0. The Morgan fingerprint density at radius 2 is 1.81 bits per heavy atom. The number of ether oxygens (including phenoxy) is 2. The van der Waals surface area contributed by atoms with Gasteiger partial charge in [0, 0.05) is 6.61 Å². The summed E-state index contributed by atoms with van der Waals surface area (Å²) in [7, 11) is 0. The van der Waals surface area contributed by atoms with Crippen molar-refractivity contribution < 1.29 is 35.0 Å². The van der Waals surface area contributed by atoms with E-state index < -0.39 is 37.3 Å². The Hall–Kier alpha value is -0.540. The lowest BCUT2D eigenvalue weighted by Gasteiger charge is -2.40. The van der Waals surface area contributed by atoms with E-state index in [1.54, 1.807) is 0 Å². The van der Waals surface area contributed by atoms with Crippen molar-refractivity contribution in [2.75, 3.05) is 13.2 Å². The Balaban J connectivity index is 2.63. The third kappa shape index (κ3) is 5.30. The highest BCUT2D eigenvalue weighted by Crippen LogP contribution is 2.24. The van der Waals surface area contributed by atoms with Crippen molar-refractivity contribution in [3.63, 3.8) is 0 Å². The van der Waals surface area contributed by atoms with Crippen molar-refractivity contribution in [2.45, 2.75) is 63.0 Å². The van der Waals surface area contributed by atoms with Crippen LogP contribution in [0.3, 0.4) is 0 Å². The molecule has 1 fully saturated rings. The van der Waals surface area contributed by atoms with Gasteiger partial charge in [0.05, 0.1) is 12.7 Å². The smallest absolute Gasteiger partial charge is 0.186 e. The van der Waals surface area contributed by atoms with E-state index in [1.165, 1.54) is 0 Å². The molecule has 7 nitrogen and oxygen atoms in total. The summed E-state index contributed by atoms with van der Waals surface area (Å²) in [5.41, 5.74) is 0. The first-order valence-corrected chi connectivity index (χ1v) is 7.23. The van der Waals surface area contributed by atoms with Gasteiger partial charge in [0.1, 0.15) is 24.4 Å². The summed E-state index contributed by atoms with van der Waals surface area (Å²) in [5, 5.41) is 47.4. The molecule has 0 bridgehead atoms. The molecule has 0 saturated carbocycles. The van der Waals surface area contributed by atoms with Crippen molar-refractivity contribution in [3.8, 4) is 0 Å². The van der Waals surface area contributed by atoms with Crippen LogP contribution in [0.4, 0.5) is 0 Å². The SMILES string of the molecule is C/C=C/CCC(CCO)OC1OC(CO)C(O)C(O)C1O. The van der Waals surface area contributed by atoms with Gasteiger partial charge in [-0.15, -0.1) is 0 Å². The van der Waals surface area contributed by atoms with Gasteiger partial charge in [0.2, 0.25) is 0 Å². The minimum Gasteiger partial charge on any atom is -0.396 e. The van der Waals surface area contributed by atoms with Crippen LogP contribution in [0.1, 0.15) is 26.2 Å². The topological polar surface area (TPSA) is 120 Å². The predicted octanol–water partition coefficient (Wildman–Crippen LogP) is -1.09. The number of hydrogen-bond donors (Lipinski definition) is 5. The van der Waals surface area contributed by atoms with Crippen LogP contribution < -0.4 is 0 Å². The highest BCUT2D eigenvalue weighted by atomic mass is 16.7. The quantitative estimate of drug-likeness (QED) is 0.361. The number of aliphatic hydroxyl groups excluding tert-OH is 5. The summed E-state index contributed by atoms with van der Waals surface area (Å²) in [6, 6.07) is 0. The van der Waals surface area contributed by atoms with E-state index in [1.807, 2.05) is 19.1 Å². The maximum Gasteiger partial charge on any atom is 0.186 e. The third-order valence-corrected chi connectivity index (χ3v) is 3.52. The molecule has 0 aromatic rings. The van der Waals surface area contributed by atoms with Crippen LogP contribution in [0.25, 0.3) is 0 Å². The normalized spacial score (nSPS) is 35.2. The second-order valence-corrected chi connectivity index (χ2v) is 5.11. The molecule has 1 heterocycles. The van der Waals surface area contributed by atoms with Crippen LogP contribution in [0.2, 0.25) is 0 Å². The highest BCUT2D eigenvalue weighted by Gasteiger charge is 2.44. The van der Waals surface area contributed by atoms with Gasteiger partial charge < -0.3 is 35.0 Å². The summed E-state index contributed by atoms with van der Waals surface area (Å²) < 4.78 is 10.9. The average molecular weight is 306 g/mol. The first kappa shape index (κ1) is 18.5. The predicted molar refractivity (Wildman–Crippen MR) is 74.4 cm³/mol. The monoisotopic (exact) mass is 306 g/mol. The van der Waals surface area contributed by atoms with Crippen molar-refractivity contribution in [1.29, 1.82) is 0 Å². The minimum atomic E-state index is -1.45. The van der Waals surface area contributed by atoms with Crippen LogP contribution in [-0.2, 0) is 9.47 Å². The van der Waals surface area contributed by atoms with E-state index in [2.05, 4.69) is 0 Å². The fourth-order valence-corrected chi connectivity index (χ4v) is 2.24. The zero-order valence-electron chi connectivity index (χ0n) is 12.2. The van der Waals surface area contributed by atoms with E-state index in [9.17, 15) is 15.3 Å². The molecule has 0 spiro atoms. The molecular formula is C14H26O7. The second kappa shape index (κ2) is 9.47. The summed E-state index contributed by atoms with van der Waals surface area (Å²) in [6.07, 6.45) is -1.15. The molecule has 0 aromatic carbocycles. The Morgan fingerprint density at radius 1 is 1.10 bits per heavy atom. The summed E-state index contributed by atoms with van der Waals surface area (Å²) in [6.45, 7) is 1.34. The lowest BCUT2D eigenvalue weighted by molar-refractivity contribution is -0.312. The van der Waals surface area contributed by atoms with Crippen LogP contribution in [-0.4, -0.2) is 75.6 Å². The van der Waals surface area contributed by atoms with Crippen LogP contribution in [0.15, 0.2) is 12.2 Å². The molecule has 0 radical (unpaired) electrons. The number of hydrogen-bond acceptors (Lipinski definition) is 7. The lowest BCUT2D eigenvalue weighted by atomic mass is 9.99. The fourth-order valence-electron chi connectivity index (χ4n) is 2.24. The Labute approximate surface area is 124 Å². The van der Waals surface area contributed by atoms with Crippen molar-refractivity contribution in [3.05, 3.63) is 12.2 Å². The fraction of sp³-hybridized carbons (Fsp3) is 0.857. The van der Waals surface area contributed by atoms with E-state index >= 15 is 0 Å². The summed E-state index contributed by atoms with van der Waals surface area (Å²) >= 11 is 0. The molecule has 1 rings (SSSR count). The molecule has 7 heteroatoms. The zero-order valence-corrected chi connectivity index (χ0v) is 12.2. The number of aliphatic hydroxyl groups is 5. The maximum absolute atomic E-state index is 9.89. The van der Waals surface area contributed by atoms with Gasteiger partial charge in [0.15, 0.2) is 6.29 Å². The highest BCUT2D eigenvalue weighted by molar-refractivity contribution is 4.89. The average Bonchev–Trinajstić information content (AvgIpc) is 2.48. The number of rotatable bonds is 8. The second-order valence-electron chi connectivity index (χ2n) is 5.11. The molecule has 0 aromatic heterocycles. The molecule has 1 aliphatic heterocycles. The number of allylic oxidation sites excluding steroid dienone is 2. The van der Waals surface area contributed by atoms with E-state index in [-0.39, 0.29) is 12.7 Å². The molecule has 6 atom stereocenters. The standard InChI is InChI=1S/C14H26O7/c1-2-3-4-5-9(6-7-15)20-14-13(19)12(18)11(17)10(8-16)21-14/h2-3,9-19H,4-8H2,1H3/b3-2+. The van der Waals surface area contributed by atoms with Crippen LogP contribution >= 0.6 is 0 Å². The van der Waals surface area contributed by atoms with Crippen molar-refractivity contribution in [2.24, 2.45) is 0 Å². The van der Waals surface area contributed by atoms with Crippen molar-refractivity contribution in [1.82, 2.24) is 0 Å².